The molecule has 0 saturated heterocycles. The lowest BCUT2D eigenvalue weighted by Gasteiger charge is -2.08. The maximum atomic E-state index is 12.2. The van der Waals surface area contributed by atoms with E-state index in [4.69, 9.17) is 34.8 Å². The molecule has 0 aliphatic heterocycles. The van der Waals surface area contributed by atoms with Gasteiger partial charge in [0.1, 0.15) is 5.56 Å². The fourth-order valence-corrected chi connectivity index (χ4v) is 2.15. The summed E-state index contributed by atoms with van der Waals surface area (Å²) in [4.78, 5) is 25.9. The first-order chi connectivity index (χ1) is 9.91. The first-order valence-electron chi connectivity index (χ1n) is 5.46. The third kappa shape index (κ3) is 3.24. The minimum absolute atomic E-state index is 0.135. The molecule has 0 radical (unpaired) electrons. The normalized spacial score (nSPS) is 10.2. The molecule has 0 atom stereocenters. The number of carbonyl (C=O) groups is 1. The van der Waals surface area contributed by atoms with Crippen molar-refractivity contribution in [2.75, 3.05) is 5.32 Å². The molecule has 2 rings (SSSR count). The Morgan fingerprint density at radius 3 is 2.62 bits per heavy atom. The molecule has 0 fully saturated rings. The fraction of sp³-hybridized carbons (Fsp3) is 0. The van der Waals surface area contributed by atoms with E-state index in [1.807, 2.05) is 0 Å². The molecule has 0 unspecified atom stereocenters. The van der Waals surface area contributed by atoms with E-state index in [1.165, 1.54) is 18.3 Å². The molecule has 1 aromatic carbocycles. The smallest absolute Gasteiger partial charge is 0.319 e. The number of benzene rings is 1. The SMILES string of the molecule is O=C(Nc1cccc(Cl)c1Cl)c1ccnc(Cl)c1[N+](=O)[O-]. The summed E-state index contributed by atoms with van der Waals surface area (Å²) >= 11 is 17.4. The Morgan fingerprint density at radius 2 is 1.95 bits per heavy atom. The van der Waals surface area contributed by atoms with Crippen molar-refractivity contribution in [2.24, 2.45) is 0 Å². The molecule has 1 heterocycles. The highest BCUT2D eigenvalue weighted by Crippen LogP contribution is 2.31. The molecule has 6 nitrogen and oxygen atoms in total. The van der Waals surface area contributed by atoms with Crippen LogP contribution in [0.2, 0.25) is 15.2 Å². The van der Waals surface area contributed by atoms with Crippen LogP contribution in [0.3, 0.4) is 0 Å². The van der Waals surface area contributed by atoms with E-state index < -0.39 is 16.5 Å². The lowest BCUT2D eigenvalue weighted by Crippen LogP contribution is -2.14. The monoisotopic (exact) mass is 345 g/mol. The number of hydrogen-bond acceptors (Lipinski definition) is 4. The third-order valence-electron chi connectivity index (χ3n) is 2.51. The topological polar surface area (TPSA) is 85.1 Å². The second-order valence-corrected chi connectivity index (χ2v) is 4.95. The minimum atomic E-state index is -0.774. The van der Waals surface area contributed by atoms with Gasteiger partial charge in [-0.2, -0.15) is 0 Å². The highest BCUT2D eigenvalue weighted by Gasteiger charge is 2.25. The van der Waals surface area contributed by atoms with Gasteiger partial charge in [-0.25, -0.2) is 4.98 Å². The fourth-order valence-electron chi connectivity index (χ4n) is 1.58. The van der Waals surface area contributed by atoms with Gasteiger partial charge in [0.15, 0.2) is 0 Å². The number of nitrogens with zero attached hydrogens (tertiary/aromatic N) is 2. The zero-order chi connectivity index (χ0) is 15.6. The van der Waals surface area contributed by atoms with Crippen LogP contribution in [0.4, 0.5) is 11.4 Å². The van der Waals surface area contributed by atoms with Crippen molar-refractivity contribution in [1.29, 1.82) is 0 Å². The van der Waals surface area contributed by atoms with Gasteiger partial charge in [0.25, 0.3) is 5.91 Å². The zero-order valence-electron chi connectivity index (χ0n) is 10.1. The van der Waals surface area contributed by atoms with Crippen LogP contribution in [-0.4, -0.2) is 15.8 Å². The molecule has 0 bridgehead atoms. The first-order valence-corrected chi connectivity index (χ1v) is 6.59. The zero-order valence-corrected chi connectivity index (χ0v) is 12.4. The van der Waals surface area contributed by atoms with Crippen molar-refractivity contribution in [1.82, 2.24) is 4.98 Å². The van der Waals surface area contributed by atoms with Gasteiger partial charge in [-0.3, -0.25) is 14.9 Å². The number of halogens is 3. The van der Waals surface area contributed by atoms with Crippen LogP contribution in [0.15, 0.2) is 30.5 Å². The Hall–Kier alpha value is -1.89. The van der Waals surface area contributed by atoms with Crippen LogP contribution in [0.25, 0.3) is 0 Å². The largest absolute Gasteiger partial charge is 0.320 e. The second-order valence-electron chi connectivity index (χ2n) is 3.81. The predicted octanol–water partition coefficient (Wildman–Crippen LogP) is 4.20. The third-order valence-corrected chi connectivity index (χ3v) is 3.60. The maximum absolute atomic E-state index is 12.2. The number of rotatable bonds is 3. The van der Waals surface area contributed by atoms with Crippen molar-refractivity contribution in [3.05, 3.63) is 61.3 Å². The second kappa shape index (κ2) is 6.26. The van der Waals surface area contributed by atoms with Crippen LogP contribution < -0.4 is 5.32 Å². The average Bonchev–Trinajstić information content (AvgIpc) is 2.43. The van der Waals surface area contributed by atoms with Gasteiger partial charge in [0, 0.05) is 6.20 Å². The summed E-state index contributed by atoms with van der Waals surface area (Å²) in [5, 5.41) is 13.4. The maximum Gasteiger partial charge on any atom is 0.319 e. The lowest BCUT2D eigenvalue weighted by atomic mass is 10.2. The summed E-state index contributed by atoms with van der Waals surface area (Å²) in [6, 6.07) is 5.83. The molecular formula is C12H6Cl3N3O3. The molecule has 1 amide bonds. The molecule has 1 N–H and O–H groups in total. The standard InChI is InChI=1S/C12H6Cl3N3O3/c13-7-2-1-3-8(9(7)14)17-12(19)6-4-5-16-11(15)10(6)18(20)21/h1-5H,(H,17,19). The quantitative estimate of drug-likeness (QED) is 0.512. The molecule has 1 aromatic heterocycles. The van der Waals surface area contributed by atoms with Crippen LogP contribution in [0, 0.1) is 10.1 Å². The molecule has 9 heteroatoms. The van der Waals surface area contributed by atoms with E-state index in [9.17, 15) is 14.9 Å². The Balaban J connectivity index is 2.40. The average molecular weight is 347 g/mol. The molecule has 0 aliphatic rings. The van der Waals surface area contributed by atoms with Gasteiger partial charge in [0.2, 0.25) is 5.15 Å². The number of nitro groups is 1. The highest BCUT2D eigenvalue weighted by molar-refractivity contribution is 6.44. The van der Waals surface area contributed by atoms with E-state index in [0.717, 1.165) is 0 Å². The number of amides is 1. The number of pyridine rings is 1. The van der Waals surface area contributed by atoms with Gasteiger partial charge in [-0.05, 0) is 18.2 Å². The molecule has 21 heavy (non-hydrogen) atoms. The number of aromatic nitrogens is 1. The van der Waals surface area contributed by atoms with Crippen LogP contribution >= 0.6 is 34.8 Å². The summed E-state index contributed by atoms with van der Waals surface area (Å²) in [7, 11) is 0. The van der Waals surface area contributed by atoms with E-state index in [-0.39, 0.29) is 26.4 Å². The number of carbonyl (C=O) groups excluding carboxylic acids is 1. The van der Waals surface area contributed by atoms with E-state index in [2.05, 4.69) is 10.3 Å². The summed E-state index contributed by atoms with van der Waals surface area (Å²) in [6.07, 6.45) is 1.20. The molecular weight excluding hydrogens is 341 g/mol. The number of nitrogens with one attached hydrogen (secondary N) is 1. The van der Waals surface area contributed by atoms with Gasteiger partial charge in [-0.15, -0.1) is 0 Å². The number of hydrogen-bond donors (Lipinski definition) is 1. The minimum Gasteiger partial charge on any atom is -0.320 e. The molecule has 0 aliphatic carbocycles. The van der Waals surface area contributed by atoms with Crippen molar-refractivity contribution < 1.29 is 9.72 Å². The summed E-state index contributed by atoms with van der Waals surface area (Å²) in [5.41, 5.74) is -0.567. The van der Waals surface area contributed by atoms with Crippen molar-refractivity contribution in [2.45, 2.75) is 0 Å². The van der Waals surface area contributed by atoms with Gasteiger partial charge < -0.3 is 5.32 Å². The van der Waals surface area contributed by atoms with E-state index >= 15 is 0 Å². The Labute approximate surface area is 133 Å². The lowest BCUT2D eigenvalue weighted by molar-refractivity contribution is -0.385. The molecule has 2 aromatic rings. The predicted molar refractivity (Wildman–Crippen MR) is 80.3 cm³/mol. The summed E-state index contributed by atoms with van der Waals surface area (Å²) in [5.74, 6) is -0.741. The van der Waals surface area contributed by atoms with E-state index in [1.54, 1.807) is 12.1 Å². The van der Waals surface area contributed by atoms with Crippen LogP contribution in [0.1, 0.15) is 10.4 Å². The summed E-state index contributed by atoms with van der Waals surface area (Å²) < 4.78 is 0. The Morgan fingerprint density at radius 1 is 1.24 bits per heavy atom. The van der Waals surface area contributed by atoms with Crippen LogP contribution in [0.5, 0.6) is 0 Å². The van der Waals surface area contributed by atoms with Gasteiger partial charge >= 0.3 is 5.69 Å². The molecule has 0 saturated carbocycles. The van der Waals surface area contributed by atoms with Crippen molar-refractivity contribution in [3.63, 3.8) is 0 Å². The van der Waals surface area contributed by atoms with Gasteiger partial charge in [-0.1, -0.05) is 40.9 Å². The van der Waals surface area contributed by atoms with Crippen molar-refractivity contribution >= 4 is 52.1 Å². The first kappa shape index (κ1) is 15.5. The van der Waals surface area contributed by atoms with Crippen molar-refractivity contribution in [3.8, 4) is 0 Å². The van der Waals surface area contributed by atoms with Gasteiger partial charge in [0.05, 0.1) is 20.7 Å². The Kier molecular flexibility index (Phi) is 4.62. The Bertz CT molecular complexity index is 737. The van der Waals surface area contributed by atoms with Crippen LogP contribution in [-0.2, 0) is 0 Å². The number of anilines is 1. The summed E-state index contributed by atoms with van der Waals surface area (Å²) in [6.45, 7) is 0. The van der Waals surface area contributed by atoms with E-state index in [0.29, 0.717) is 0 Å². The molecule has 0 spiro atoms. The highest BCUT2D eigenvalue weighted by atomic mass is 35.5. The molecule has 108 valence electrons.